The number of nitrogens with one attached hydrogen (secondary N) is 2. The van der Waals surface area contributed by atoms with Crippen LogP contribution in [0.1, 0.15) is 4.88 Å². The van der Waals surface area contributed by atoms with Crippen LogP contribution in [0, 0.1) is 6.92 Å². The molecule has 0 unspecified atom stereocenters. The number of carbonyl (C=O) groups is 1. The molecule has 0 bridgehead atoms. The number of anilines is 1. The Morgan fingerprint density at radius 3 is 2.73 bits per heavy atom. The van der Waals surface area contributed by atoms with Crippen molar-refractivity contribution >= 4 is 33.1 Å². The Morgan fingerprint density at radius 2 is 2.00 bits per heavy atom. The number of aryl methyl sites for hydroxylation is 1. The number of hydrogen-bond donors (Lipinski definition) is 2. The number of aromatic amines is 1. The number of benzene rings is 1. The maximum absolute atomic E-state index is 12.3. The van der Waals surface area contributed by atoms with E-state index in [0.717, 1.165) is 9.44 Å². The van der Waals surface area contributed by atoms with Gasteiger partial charge < -0.3 is 5.32 Å². The lowest BCUT2D eigenvalue weighted by atomic mass is 10.3. The fourth-order valence-corrected chi connectivity index (χ4v) is 3.07. The van der Waals surface area contributed by atoms with E-state index in [1.54, 1.807) is 30.3 Å². The Labute approximate surface area is 129 Å². The van der Waals surface area contributed by atoms with Crippen molar-refractivity contribution in [3.05, 3.63) is 62.1 Å². The van der Waals surface area contributed by atoms with Gasteiger partial charge in [-0.3, -0.25) is 19.1 Å². The molecule has 0 radical (unpaired) electrons. The third-order valence-corrected chi connectivity index (χ3v) is 4.12. The van der Waals surface area contributed by atoms with E-state index in [4.69, 9.17) is 0 Å². The molecule has 7 heteroatoms. The van der Waals surface area contributed by atoms with E-state index >= 15 is 0 Å². The summed E-state index contributed by atoms with van der Waals surface area (Å²) in [6, 6.07) is 10.6. The number of H-pyrrole nitrogens is 1. The lowest BCUT2D eigenvalue weighted by molar-refractivity contribution is -0.116. The second-order valence-electron chi connectivity index (χ2n) is 4.84. The first-order valence-corrected chi connectivity index (χ1v) is 7.44. The van der Waals surface area contributed by atoms with Crippen LogP contribution in [0.25, 0.3) is 10.2 Å². The van der Waals surface area contributed by atoms with Gasteiger partial charge in [0.25, 0.3) is 5.56 Å². The molecule has 2 heterocycles. The molecule has 3 rings (SSSR count). The summed E-state index contributed by atoms with van der Waals surface area (Å²) in [6.07, 6.45) is 0. The maximum Gasteiger partial charge on any atom is 0.329 e. The average molecular weight is 315 g/mol. The van der Waals surface area contributed by atoms with E-state index in [9.17, 15) is 14.4 Å². The minimum Gasteiger partial charge on any atom is -0.325 e. The second-order valence-corrected chi connectivity index (χ2v) is 6.09. The van der Waals surface area contributed by atoms with Crippen LogP contribution in [0.15, 0.2) is 46.0 Å². The number of rotatable bonds is 3. The average Bonchev–Trinajstić information content (AvgIpc) is 2.85. The highest BCUT2D eigenvalue weighted by molar-refractivity contribution is 7.18. The predicted molar refractivity (Wildman–Crippen MR) is 86.5 cm³/mol. The van der Waals surface area contributed by atoms with Crippen molar-refractivity contribution in [1.29, 1.82) is 0 Å². The number of aromatic nitrogens is 2. The summed E-state index contributed by atoms with van der Waals surface area (Å²) >= 11 is 1.34. The number of thiophene rings is 1. The number of amides is 1. The monoisotopic (exact) mass is 315 g/mol. The highest BCUT2D eigenvalue weighted by Gasteiger charge is 2.13. The van der Waals surface area contributed by atoms with Crippen molar-refractivity contribution in [2.24, 2.45) is 0 Å². The Hall–Kier alpha value is -2.67. The first-order chi connectivity index (χ1) is 10.5. The van der Waals surface area contributed by atoms with E-state index in [1.807, 2.05) is 13.0 Å². The van der Waals surface area contributed by atoms with Gasteiger partial charge in [-0.25, -0.2) is 4.79 Å². The molecule has 3 aromatic rings. The first kappa shape index (κ1) is 14.3. The van der Waals surface area contributed by atoms with Crippen LogP contribution in [-0.2, 0) is 11.3 Å². The zero-order valence-electron chi connectivity index (χ0n) is 11.8. The number of nitrogens with zero attached hydrogens (tertiary/aromatic N) is 1. The third-order valence-electron chi connectivity index (χ3n) is 3.16. The molecular weight excluding hydrogens is 302 g/mol. The normalized spacial score (nSPS) is 10.8. The molecule has 112 valence electrons. The Morgan fingerprint density at radius 1 is 1.27 bits per heavy atom. The SMILES string of the molecule is Cc1cc2c(=O)n(CC(=O)Nc3ccccc3)c(=O)[nH]c2s1. The molecule has 0 aliphatic carbocycles. The van der Waals surface area contributed by atoms with Gasteiger partial charge in [0.05, 0.1) is 5.39 Å². The smallest absolute Gasteiger partial charge is 0.325 e. The molecule has 0 aliphatic rings. The van der Waals surface area contributed by atoms with Gasteiger partial charge in [0.15, 0.2) is 0 Å². The fourth-order valence-electron chi connectivity index (χ4n) is 2.18. The number of fused-ring (bicyclic) bond motifs is 1. The molecule has 0 spiro atoms. The zero-order valence-corrected chi connectivity index (χ0v) is 12.6. The summed E-state index contributed by atoms with van der Waals surface area (Å²) in [5.41, 5.74) is -0.418. The summed E-state index contributed by atoms with van der Waals surface area (Å²) < 4.78 is 0.909. The Balaban J connectivity index is 1.92. The second kappa shape index (κ2) is 5.61. The van der Waals surface area contributed by atoms with Crippen LogP contribution >= 0.6 is 11.3 Å². The molecule has 6 nitrogen and oxygen atoms in total. The van der Waals surface area contributed by atoms with Gasteiger partial charge >= 0.3 is 5.69 Å². The largest absolute Gasteiger partial charge is 0.329 e. The summed E-state index contributed by atoms with van der Waals surface area (Å²) in [4.78, 5) is 40.4. The fraction of sp³-hybridized carbons (Fsp3) is 0.133. The Kier molecular flexibility index (Phi) is 3.64. The molecule has 0 aliphatic heterocycles. The van der Waals surface area contributed by atoms with Crippen LogP contribution in [-0.4, -0.2) is 15.5 Å². The van der Waals surface area contributed by atoms with Gasteiger partial charge in [-0.05, 0) is 25.1 Å². The minimum atomic E-state index is -0.581. The number of carbonyl (C=O) groups excluding carboxylic acids is 1. The molecule has 1 amide bonds. The van der Waals surface area contributed by atoms with Gasteiger partial charge in [-0.2, -0.15) is 0 Å². The van der Waals surface area contributed by atoms with E-state index in [0.29, 0.717) is 15.9 Å². The molecule has 2 N–H and O–H groups in total. The van der Waals surface area contributed by atoms with Crippen molar-refractivity contribution in [3.8, 4) is 0 Å². The highest BCUT2D eigenvalue weighted by Crippen LogP contribution is 2.18. The van der Waals surface area contributed by atoms with Crippen LogP contribution in [0.2, 0.25) is 0 Å². The van der Waals surface area contributed by atoms with E-state index < -0.39 is 17.2 Å². The minimum absolute atomic E-state index is 0.326. The molecule has 22 heavy (non-hydrogen) atoms. The summed E-state index contributed by atoms with van der Waals surface area (Å²) in [6.45, 7) is 1.53. The van der Waals surface area contributed by atoms with Crippen LogP contribution in [0.5, 0.6) is 0 Å². The molecule has 0 atom stereocenters. The van der Waals surface area contributed by atoms with E-state index in [-0.39, 0.29) is 6.54 Å². The predicted octanol–water partition coefficient (Wildman–Crippen LogP) is 1.70. The van der Waals surface area contributed by atoms with Crippen molar-refractivity contribution < 1.29 is 4.79 Å². The van der Waals surface area contributed by atoms with Crippen molar-refractivity contribution in [2.75, 3.05) is 5.32 Å². The topological polar surface area (TPSA) is 84.0 Å². The maximum atomic E-state index is 12.3. The van der Waals surface area contributed by atoms with E-state index in [2.05, 4.69) is 10.3 Å². The molecule has 2 aromatic heterocycles. The van der Waals surface area contributed by atoms with Gasteiger partial charge in [0.1, 0.15) is 11.4 Å². The number of hydrogen-bond acceptors (Lipinski definition) is 4. The summed E-state index contributed by atoms with van der Waals surface area (Å²) in [5, 5.41) is 3.07. The molecule has 0 saturated heterocycles. The van der Waals surface area contributed by atoms with Crippen LogP contribution in [0.3, 0.4) is 0 Å². The van der Waals surface area contributed by atoms with Crippen molar-refractivity contribution in [3.63, 3.8) is 0 Å². The lowest BCUT2D eigenvalue weighted by Gasteiger charge is -2.06. The number of para-hydroxylation sites is 1. The molecule has 1 aromatic carbocycles. The van der Waals surface area contributed by atoms with Crippen molar-refractivity contribution in [2.45, 2.75) is 13.5 Å². The molecular formula is C15H13N3O3S. The summed E-state index contributed by atoms with van der Waals surface area (Å²) in [7, 11) is 0. The van der Waals surface area contributed by atoms with Gasteiger partial charge in [0.2, 0.25) is 5.91 Å². The van der Waals surface area contributed by atoms with Gasteiger partial charge in [0, 0.05) is 10.6 Å². The van der Waals surface area contributed by atoms with Gasteiger partial charge in [-0.1, -0.05) is 18.2 Å². The van der Waals surface area contributed by atoms with Crippen LogP contribution < -0.4 is 16.6 Å². The van der Waals surface area contributed by atoms with Gasteiger partial charge in [-0.15, -0.1) is 11.3 Å². The first-order valence-electron chi connectivity index (χ1n) is 6.63. The molecule has 0 fully saturated rings. The Bertz CT molecular complexity index is 954. The quantitative estimate of drug-likeness (QED) is 0.771. The standard InChI is InChI=1S/C15H13N3O3S/c1-9-7-11-13(22-9)17-15(21)18(14(11)20)8-12(19)16-10-5-3-2-4-6-10/h2-7H,8H2,1H3,(H,16,19)(H,17,21). The van der Waals surface area contributed by atoms with Crippen LogP contribution in [0.4, 0.5) is 5.69 Å². The third kappa shape index (κ3) is 2.71. The van der Waals surface area contributed by atoms with E-state index in [1.165, 1.54) is 11.3 Å². The summed E-state index contributed by atoms with van der Waals surface area (Å²) in [5.74, 6) is -0.426. The molecule has 0 saturated carbocycles. The lowest BCUT2D eigenvalue weighted by Crippen LogP contribution is -2.38. The highest BCUT2D eigenvalue weighted by atomic mass is 32.1. The zero-order chi connectivity index (χ0) is 15.7. The van der Waals surface area contributed by atoms with Crippen molar-refractivity contribution in [1.82, 2.24) is 9.55 Å².